The molecule has 1 aliphatic heterocycles. The van der Waals surface area contributed by atoms with Gasteiger partial charge < -0.3 is 25.2 Å². The minimum absolute atomic E-state index is 0.0287. The molecule has 9 heteroatoms. The number of methoxy groups -OCH3 is 1. The van der Waals surface area contributed by atoms with Crippen molar-refractivity contribution in [2.75, 3.05) is 25.6 Å². The van der Waals surface area contributed by atoms with Gasteiger partial charge in [-0.25, -0.2) is 4.79 Å². The van der Waals surface area contributed by atoms with E-state index >= 15 is 0 Å². The fraction of sp³-hybridized carbons (Fsp3) is 0.533. The van der Waals surface area contributed by atoms with Gasteiger partial charge >= 0.3 is 17.8 Å². The monoisotopic (exact) mass is 356 g/mol. The van der Waals surface area contributed by atoms with E-state index in [0.717, 1.165) is 10.4 Å². The number of thiophene rings is 1. The van der Waals surface area contributed by atoms with Gasteiger partial charge in [0.2, 0.25) is 0 Å². The summed E-state index contributed by atoms with van der Waals surface area (Å²) in [6.07, 6.45) is 0.496. The Balaban J connectivity index is 2.30. The number of anilines is 1. The molecule has 8 nitrogen and oxygen atoms in total. The molecule has 0 bridgehead atoms. The second kappa shape index (κ2) is 7.29. The number of rotatable bonds is 4. The molecule has 24 heavy (non-hydrogen) atoms. The van der Waals surface area contributed by atoms with Gasteiger partial charge in [0.05, 0.1) is 31.5 Å². The van der Waals surface area contributed by atoms with Gasteiger partial charge in [0.1, 0.15) is 5.00 Å². The number of hydrogen-bond acceptors (Lipinski definition) is 7. The number of carbonyl (C=O) groups excluding carboxylic acids is 3. The normalized spacial score (nSPS) is 15.3. The van der Waals surface area contributed by atoms with E-state index in [1.54, 1.807) is 0 Å². The van der Waals surface area contributed by atoms with E-state index in [9.17, 15) is 14.4 Å². The average Bonchev–Trinajstić information content (AvgIpc) is 2.87. The lowest BCUT2D eigenvalue weighted by atomic mass is 9.93. The summed E-state index contributed by atoms with van der Waals surface area (Å²) in [5, 5.41) is 13.6. The van der Waals surface area contributed by atoms with Crippen LogP contribution in [0.3, 0.4) is 0 Å². The first-order valence-corrected chi connectivity index (χ1v) is 8.17. The van der Waals surface area contributed by atoms with Crippen molar-refractivity contribution in [3.05, 3.63) is 16.0 Å². The minimum Gasteiger partial charge on any atom is -0.465 e. The molecule has 0 aliphatic carbocycles. The number of fused-ring (bicyclic) bond motifs is 1. The van der Waals surface area contributed by atoms with Crippen LogP contribution in [0.4, 0.5) is 5.00 Å². The van der Waals surface area contributed by atoms with Crippen LogP contribution in [-0.2, 0) is 32.1 Å². The first-order valence-electron chi connectivity index (χ1n) is 7.36. The lowest BCUT2D eigenvalue weighted by molar-refractivity contribution is -0.136. The van der Waals surface area contributed by atoms with Crippen LogP contribution in [0.25, 0.3) is 0 Å². The Kier molecular flexibility index (Phi) is 5.58. The number of ether oxygens (including phenoxy) is 2. The Morgan fingerprint density at radius 1 is 1.33 bits per heavy atom. The van der Waals surface area contributed by atoms with Gasteiger partial charge in [0.15, 0.2) is 0 Å². The summed E-state index contributed by atoms with van der Waals surface area (Å²) in [5.41, 5.74) is 0.600. The Morgan fingerprint density at radius 2 is 2.04 bits per heavy atom. The molecule has 0 aromatic carbocycles. The number of nitrogens with one attached hydrogen (secondary N) is 2. The molecule has 2 heterocycles. The van der Waals surface area contributed by atoms with Crippen LogP contribution in [0.5, 0.6) is 0 Å². The largest absolute Gasteiger partial charge is 0.465 e. The fourth-order valence-electron chi connectivity index (χ4n) is 2.37. The zero-order chi connectivity index (χ0) is 17.9. The quantitative estimate of drug-likeness (QED) is 0.533. The maximum atomic E-state index is 12.2. The maximum absolute atomic E-state index is 12.2. The first-order chi connectivity index (χ1) is 11.3. The predicted octanol–water partition coefficient (Wildman–Crippen LogP) is 0.433. The van der Waals surface area contributed by atoms with Crippen LogP contribution < -0.4 is 10.6 Å². The lowest BCUT2D eigenvalue weighted by Crippen LogP contribution is -2.37. The molecule has 1 aromatic heterocycles. The van der Waals surface area contributed by atoms with Gasteiger partial charge in [-0.1, -0.05) is 0 Å². The Hall–Kier alpha value is -1.97. The van der Waals surface area contributed by atoms with Gasteiger partial charge in [-0.05, 0) is 19.4 Å². The van der Waals surface area contributed by atoms with Crippen molar-refractivity contribution < 1.29 is 29.0 Å². The van der Waals surface area contributed by atoms with Gasteiger partial charge in [0, 0.05) is 17.8 Å². The van der Waals surface area contributed by atoms with Crippen LogP contribution in [0.2, 0.25) is 0 Å². The summed E-state index contributed by atoms with van der Waals surface area (Å²) >= 11 is 1.19. The van der Waals surface area contributed by atoms with Crippen LogP contribution >= 0.6 is 11.3 Å². The molecule has 2 rings (SSSR count). The third-order valence-corrected chi connectivity index (χ3v) is 4.63. The number of esters is 1. The third kappa shape index (κ3) is 3.92. The molecule has 1 aromatic rings. The third-order valence-electron chi connectivity index (χ3n) is 3.51. The number of hydrogen-bond donors (Lipinski definition) is 3. The molecule has 0 unspecified atom stereocenters. The number of carbonyl (C=O) groups is 3. The molecular formula is C15H20N2O6S. The van der Waals surface area contributed by atoms with Crippen LogP contribution in [0.1, 0.15) is 34.6 Å². The second-order valence-corrected chi connectivity index (χ2v) is 6.96. The lowest BCUT2D eigenvalue weighted by Gasteiger charge is -2.30. The molecule has 0 fully saturated rings. The van der Waals surface area contributed by atoms with Gasteiger partial charge in [0.25, 0.3) is 0 Å². The second-order valence-electron chi connectivity index (χ2n) is 5.86. The Morgan fingerprint density at radius 3 is 2.67 bits per heavy atom. The summed E-state index contributed by atoms with van der Waals surface area (Å²) in [4.78, 5) is 36.6. The molecular weight excluding hydrogens is 336 g/mol. The number of aliphatic hydroxyl groups is 1. The van der Waals surface area contributed by atoms with Crippen molar-refractivity contribution >= 4 is 34.1 Å². The zero-order valence-electron chi connectivity index (χ0n) is 13.7. The summed E-state index contributed by atoms with van der Waals surface area (Å²) in [7, 11) is 1.26. The maximum Gasteiger partial charge on any atom is 0.341 e. The highest BCUT2D eigenvalue weighted by Gasteiger charge is 2.34. The van der Waals surface area contributed by atoms with Crippen LogP contribution in [0.15, 0.2) is 0 Å². The van der Waals surface area contributed by atoms with Crippen LogP contribution in [0, 0.1) is 0 Å². The van der Waals surface area contributed by atoms with Crippen molar-refractivity contribution in [2.24, 2.45) is 0 Å². The van der Waals surface area contributed by atoms with E-state index in [-0.39, 0.29) is 23.7 Å². The van der Waals surface area contributed by atoms with E-state index in [0.29, 0.717) is 13.0 Å². The van der Waals surface area contributed by atoms with Crippen LogP contribution in [-0.4, -0.2) is 48.8 Å². The molecule has 2 amide bonds. The van der Waals surface area contributed by atoms with E-state index in [2.05, 4.69) is 10.6 Å². The first kappa shape index (κ1) is 18.4. The Labute approximate surface area is 143 Å². The van der Waals surface area contributed by atoms with E-state index in [1.165, 1.54) is 18.4 Å². The van der Waals surface area contributed by atoms with Gasteiger partial charge in [-0.3, -0.25) is 9.59 Å². The van der Waals surface area contributed by atoms with E-state index in [4.69, 9.17) is 14.6 Å². The fourth-order valence-corrected chi connectivity index (χ4v) is 3.48. The summed E-state index contributed by atoms with van der Waals surface area (Å²) in [5.74, 6) is -2.37. The SMILES string of the molecule is COC(=O)c1c(NC(=O)C(=O)NCCO)sc2c1CC(C)(C)OC2. The average molecular weight is 356 g/mol. The van der Waals surface area contributed by atoms with Crippen molar-refractivity contribution in [1.82, 2.24) is 5.32 Å². The zero-order valence-corrected chi connectivity index (χ0v) is 14.5. The topological polar surface area (TPSA) is 114 Å². The molecule has 0 saturated carbocycles. The van der Waals surface area contributed by atoms with Crippen molar-refractivity contribution in [3.63, 3.8) is 0 Å². The summed E-state index contributed by atoms with van der Waals surface area (Å²) in [6, 6.07) is 0. The molecule has 0 spiro atoms. The molecule has 0 radical (unpaired) electrons. The number of aliphatic hydroxyl groups excluding tert-OH is 1. The molecule has 132 valence electrons. The van der Waals surface area contributed by atoms with Gasteiger partial charge in [-0.15, -0.1) is 11.3 Å². The highest BCUT2D eigenvalue weighted by molar-refractivity contribution is 7.17. The number of amides is 2. The molecule has 0 atom stereocenters. The van der Waals surface area contributed by atoms with E-state index < -0.39 is 23.4 Å². The highest BCUT2D eigenvalue weighted by Crippen LogP contribution is 2.40. The molecule has 3 N–H and O–H groups in total. The van der Waals surface area contributed by atoms with E-state index in [1.807, 2.05) is 13.8 Å². The molecule has 1 aliphatic rings. The van der Waals surface area contributed by atoms with Gasteiger partial charge in [-0.2, -0.15) is 0 Å². The Bertz CT molecular complexity index is 667. The standard InChI is InChI=1S/C15H20N2O6S/c1-15(2)6-8-9(7-23-15)24-13(10(8)14(21)22-3)17-12(20)11(19)16-4-5-18/h18H,4-7H2,1-3H3,(H,16,19)(H,17,20). The minimum atomic E-state index is -0.910. The van der Waals surface area contributed by atoms with Crippen molar-refractivity contribution in [1.29, 1.82) is 0 Å². The summed E-state index contributed by atoms with van der Waals surface area (Å²) in [6.45, 7) is 3.85. The predicted molar refractivity (Wildman–Crippen MR) is 87.0 cm³/mol. The summed E-state index contributed by atoms with van der Waals surface area (Å²) < 4.78 is 10.5. The molecule has 0 saturated heterocycles. The van der Waals surface area contributed by atoms with Crippen molar-refractivity contribution in [3.8, 4) is 0 Å². The van der Waals surface area contributed by atoms with Crippen molar-refractivity contribution in [2.45, 2.75) is 32.5 Å². The highest BCUT2D eigenvalue weighted by atomic mass is 32.1. The smallest absolute Gasteiger partial charge is 0.341 e.